The number of ether oxygens (including phenoxy) is 1. The number of rotatable bonds is 7. The van der Waals surface area contributed by atoms with Gasteiger partial charge in [-0.05, 0) is 88.4 Å². The van der Waals surface area contributed by atoms with E-state index in [0.717, 1.165) is 23.4 Å². The smallest absolute Gasteiger partial charge is 0.410 e. The lowest BCUT2D eigenvalue weighted by molar-refractivity contribution is 0.0216. The van der Waals surface area contributed by atoms with Gasteiger partial charge in [0.1, 0.15) is 5.60 Å². The van der Waals surface area contributed by atoms with Crippen molar-refractivity contribution >= 4 is 11.8 Å². The Labute approximate surface area is 205 Å². The summed E-state index contributed by atoms with van der Waals surface area (Å²) >= 11 is 0. The first-order chi connectivity index (χ1) is 16.0. The monoisotopic (exact) mass is 458 g/mol. The maximum absolute atomic E-state index is 13.0. The molecule has 0 atom stereocenters. The molecule has 3 aromatic rings. The molecule has 34 heavy (non-hydrogen) atoms. The van der Waals surface area contributed by atoms with E-state index in [4.69, 9.17) is 4.74 Å². The van der Waals surface area contributed by atoms with E-state index in [1.165, 1.54) is 27.8 Å². The third-order valence-corrected chi connectivity index (χ3v) is 5.42. The number of aryl methyl sites for hydroxylation is 4. The minimum atomic E-state index is -0.540. The Balaban J connectivity index is 1.71. The van der Waals surface area contributed by atoms with Crippen molar-refractivity contribution < 1.29 is 9.53 Å². The molecule has 0 heterocycles. The minimum absolute atomic E-state index is 0.299. The van der Waals surface area contributed by atoms with E-state index in [0.29, 0.717) is 13.1 Å². The van der Waals surface area contributed by atoms with Crippen LogP contribution >= 0.6 is 0 Å². The van der Waals surface area contributed by atoms with E-state index in [9.17, 15) is 4.79 Å². The molecule has 180 valence electrons. The van der Waals surface area contributed by atoms with Gasteiger partial charge in [-0.1, -0.05) is 59.7 Å². The van der Waals surface area contributed by atoms with E-state index < -0.39 is 5.60 Å². The van der Waals surface area contributed by atoms with Gasteiger partial charge in [-0.25, -0.2) is 4.79 Å². The van der Waals surface area contributed by atoms with Gasteiger partial charge in [-0.2, -0.15) is 0 Å². The number of anilines is 1. The van der Waals surface area contributed by atoms with Gasteiger partial charge in [-0.15, -0.1) is 0 Å². The van der Waals surface area contributed by atoms with Crippen molar-refractivity contribution in [2.45, 2.75) is 73.7 Å². The van der Waals surface area contributed by atoms with E-state index in [1.54, 1.807) is 4.90 Å². The molecule has 0 aliphatic heterocycles. The second-order valence-corrected chi connectivity index (χ2v) is 10.4. The van der Waals surface area contributed by atoms with Gasteiger partial charge in [0.2, 0.25) is 0 Å². The van der Waals surface area contributed by atoms with Crippen molar-refractivity contribution in [3.63, 3.8) is 0 Å². The van der Waals surface area contributed by atoms with Crippen LogP contribution in [0.25, 0.3) is 0 Å². The standard InChI is InChI=1S/C30H38N2O2/c1-21-12-22(2)15-27(14-21)20-32(29(33)34-30(5,6)7)19-26-10-8-25(9-11-26)18-31-28-16-23(3)13-24(4)17-28/h8-17,31H,18-20H2,1-7H3. The summed E-state index contributed by atoms with van der Waals surface area (Å²) in [5, 5.41) is 3.51. The molecule has 0 saturated carbocycles. The lowest BCUT2D eigenvalue weighted by atomic mass is 10.1. The molecule has 4 nitrogen and oxygen atoms in total. The van der Waals surface area contributed by atoms with E-state index in [-0.39, 0.29) is 6.09 Å². The second-order valence-electron chi connectivity index (χ2n) is 10.4. The Kier molecular flexibility index (Phi) is 8.03. The van der Waals surface area contributed by atoms with Crippen molar-refractivity contribution in [3.05, 3.63) is 99.6 Å². The van der Waals surface area contributed by atoms with Crippen LogP contribution in [-0.2, 0) is 24.4 Å². The highest BCUT2D eigenvalue weighted by atomic mass is 16.6. The number of carbonyl (C=O) groups is 1. The zero-order valence-electron chi connectivity index (χ0n) is 21.7. The molecule has 0 aliphatic carbocycles. The van der Waals surface area contributed by atoms with Crippen LogP contribution in [0.5, 0.6) is 0 Å². The topological polar surface area (TPSA) is 41.6 Å². The zero-order valence-corrected chi connectivity index (χ0v) is 21.7. The van der Waals surface area contributed by atoms with Gasteiger partial charge >= 0.3 is 6.09 Å². The molecule has 0 aliphatic rings. The Hall–Kier alpha value is -3.27. The summed E-state index contributed by atoms with van der Waals surface area (Å²) in [6.45, 7) is 15.8. The summed E-state index contributed by atoms with van der Waals surface area (Å²) in [5.74, 6) is 0. The van der Waals surface area contributed by atoms with Crippen LogP contribution in [0.3, 0.4) is 0 Å². The molecule has 0 spiro atoms. The summed E-state index contributed by atoms with van der Waals surface area (Å²) in [7, 11) is 0. The van der Waals surface area contributed by atoms with Crippen LogP contribution in [0.15, 0.2) is 60.7 Å². The highest BCUT2D eigenvalue weighted by molar-refractivity contribution is 5.68. The van der Waals surface area contributed by atoms with Crippen LogP contribution in [0.4, 0.5) is 10.5 Å². The summed E-state index contributed by atoms with van der Waals surface area (Å²) in [6.07, 6.45) is -0.299. The second kappa shape index (κ2) is 10.8. The first-order valence-corrected chi connectivity index (χ1v) is 11.9. The summed E-state index contributed by atoms with van der Waals surface area (Å²) in [4.78, 5) is 14.8. The molecule has 0 radical (unpaired) electrons. The zero-order chi connectivity index (χ0) is 24.9. The fraction of sp³-hybridized carbons (Fsp3) is 0.367. The Morgan fingerprint density at radius 1 is 0.735 bits per heavy atom. The van der Waals surface area contributed by atoms with Gasteiger partial charge < -0.3 is 10.1 Å². The third kappa shape index (κ3) is 7.95. The summed E-state index contributed by atoms with van der Waals surface area (Å²) in [6, 6.07) is 21.3. The van der Waals surface area contributed by atoms with Gasteiger partial charge in [0.05, 0.1) is 0 Å². The van der Waals surface area contributed by atoms with Crippen molar-refractivity contribution in [2.75, 3.05) is 5.32 Å². The molecular formula is C30H38N2O2. The average Bonchev–Trinajstić information content (AvgIpc) is 2.70. The van der Waals surface area contributed by atoms with E-state index >= 15 is 0 Å². The summed E-state index contributed by atoms with van der Waals surface area (Å²) in [5.41, 5.74) is 8.86. The van der Waals surface area contributed by atoms with Gasteiger partial charge in [0, 0.05) is 25.3 Å². The highest BCUT2D eigenvalue weighted by Gasteiger charge is 2.22. The van der Waals surface area contributed by atoms with Crippen LogP contribution in [-0.4, -0.2) is 16.6 Å². The predicted octanol–water partition coefficient (Wildman–Crippen LogP) is 7.47. The largest absolute Gasteiger partial charge is 0.444 e. The van der Waals surface area contributed by atoms with Crippen molar-refractivity contribution in [2.24, 2.45) is 0 Å². The molecule has 3 rings (SSSR count). The lowest BCUT2D eigenvalue weighted by Gasteiger charge is -2.28. The molecule has 0 fully saturated rings. The number of carbonyl (C=O) groups excluding carboxylic acids is 1. The molecule has 0 bridgehead atoms. The molecule has 1 N–H and O–H groups in total. The molecule has 4 heteroatoms. The number of benzene rings is 3. The van der Waals surface area contributed by atoms with Gasteiger partial charge in [0.15, 0.2) is 0 Å². The molecule has 0 aromatic heterocycles. The first-order valence-electron chi connectivity index (χ1n) is 11.9. The number of amides is 1. The predicted molar refractivity (Wildman–Crippen MR) is 141 cm³/mol. The maximum atomic E-state index is 13.0. The fourth-order valence-corrected chi connectivity index (χ4v) is 4.16. The quantitative estimate of drug-likeness (QED) is 0.399. The molecule has 1 amide bonds. The maximum Gasteiger partial charge on any atom is 0.410 e. The Morgan fingerprint density at radius 3 is 1.74 bits per heavy atom. The highest BCUT2D eigenvalue weighted by Crippen LogP contribution is 2.19. The van der Waals surface area contributed by atoms with Crippen LogP contribution in [0.2, 0.25) is 0 Å². The lowest BCUT2D eigenvalue weighted by Crippen LogP contribution is -2.36. The normalized spacial score (nSPS) is 11.3. The number of hydrogen-bond donors (Lipinski definition) is 1. The van der Waals surface area contributed by atoms with E-state index in [2.05, 4.69) is 93.7 Å². The van der Waals surface area contributed by atoms with Crippen LogP contribution < -0.4 is 5.32 Å². The average molecular weight is 459 g/mol. The molecular weight excluding hydrogens is 420 g/mol. The number of nitrogens with zero attached hydrogens (tertiary/aromatic N) is 1. The van der Waals surface area contributed by atoms with Crippen molar-refractivity contribution in [1.29, 1.82) is 0 Å². The van der Waals surface area contributed by atoms with E-state index in [1.807, 2.05) is 20.8 Å². The minimum Gasteiger partial charge on any atom is -0.444 e. The van der Waals surface area contributed by atoms with Crippen LogP contribution in [0.1, 0.15) is 59.7 Å². The third-order valence-electron chi connectivity index (χ3n) is 5.42. The summed E-state index contributed by atoms with van der Waals surface area (Å²) < 4.78 is 5.71. The SMILES string of the molecule is Cc1cc(C)cc(CN(Cc2ccc(CNc3cc(C)cc(C)c3)cc2)C(=O)OC(C)(C)C)c1. The molecule has 0 saturated heterocycles. The molecule has 3 aromatic carbocycles. The Morgan fingerprint density at radius 2 is 1.21 bits per heavy atom. The van der Waals surface area contributed by atoms with Crippen molar-refractivity contribution in [1.82, 2.24) is 4.90 Å². The molecule has 0 unspecified atom stereocenters. The van der Waals surface area contributed by atoms with Gasteiger partial charge in [-0.3, -0.25) is 4.90 Å². The first kappa shape index (κ1) is 25.4. The Bertz CT molecular complexity index is 1090. The fourth-order valence-electron chi connectivity index (χ4n) is 4.16. The van der Waals surface area contributed by atoms with Crippen molar-refractivity contribution in [3.8, 4) is 0 Å². The number of hydrogen-bond acceptors (Lipinski definition) is 3. The van der Waals surface area contributed by atoms with Crippen LogP contribution in [0, 0.1) is 27.7 Å². The van der Waals surface area contributed by atoms with Gasteiger partial charge in [0.25, 0.3) is 0 Å². The number of nitrogens with one attached hydrogen (secondary N) is 1.